The highest BCUT2D eigenvalue weighted by atomic mass is 16.4. The molecule has 2 atom stereocenters. The zero-order valence-corrected chi connectivity index (χ0v) is 10.7. The Morgan fingerprint density at radius 3 is 2.61 bits per heavy atom. The lowest BCUT2D eigenvalue weighted by Gasteiger charge is -2.02. The molecule has 1 aromatic heterocycles. The van der Waals surface area contributed by atoms with Gasteiger partial charge < -0.3 is 10.4 Å². The number of aromatic amines is 1. The summed E-state index contributed by atoms with van der Waals surface area (Å²) in [5.41, 5.74) is 0.440. The van der Waals surface area contributed by atoms with Crippen LogP contribution in [0.4, 0.5) is 5.82 Å². The lowest BCUT2D eigenvalue weighted by molar-refractivity contribution is -0.140. The van der Waals surface area contributed by atoms with Crippen molar-refractivity contribution in [2.24, 2.45) is 17.3 Å². The molecular formula is C12H17N3O3. The number of aliphatic carboxylic acids is 1. The minimum Gasteiger partial charge on any atom is -0.481 e. The summed E-state index contributed by atoms with van der Waals surface area (Å²) in [5.74, 6) is -1.85. The van der Waals surface area contributed by atoms with Gasteiger partial charge in [-0.3, -0.25) is 14.7 Å². The average Bonchev–Trinajstić information content (AvgIpc) is 2.67. The quantitative estimate of drug-likeness (QED) is 0.750. The Morgan fingerprint density at radius 2 is 2.17 bits per heavy atom. The molecule has 0 saturated heterocycles. The molecule has 0 aromatic carbocycles. The predicted octanol–water partition coefficient (Wildman–Crippen LogP) is 1.27. The lowest BCUT2D eigenvalue weighted by atomic mass is 10.1. The van der Waals surface area contributed by atoms with E-state index in [1.165, 1.54) is 0 Å². The number of nitrogens with zero attached hydrogens (tertiary/aromatic N) is 1. The standard InChI is InChI=1S/C12H17N3O3/c1-4-6-5-7(15-14-6)13-10(16)8-9(11(17)18)12(8,2)3/h5,8-9H,4H2,1-3H3,(H,17,18)(H2,13,14,15,16)/t8-,9+/m1/s1. The van der Waals surface area contributed by atoms with E-state index in [-0.39, 0.29) is 5.91 Å². The van der Waals surface area contributed by atoms with E-state index < -0.39 is 23.2 Å². The number of amides is 1. The zero-order chi connectivity index (χ0) is 13.5. The van der Waals surface area contributed by atoms with Gasteiger partial charge in [-0.15, -0.1) is 0 Å². The van der Waals surface area contributed by atoms with Crippen LogP contribution in [0.25, 0.3) is 0 Å². The van der Waals surface area contributed by atoms with Crippen molar-refractivity contribution in [3.63, 3.8) is 0 Å². The van der Waals surface area contributed by atoms with E-state index in [2.05, 4.69) is 15.5 Å². The second-order valence-corrected chi connectivity index (χ2v) is 5.24. The van der Waals surface area contributed by atoms with E-state index in [1.54, 1.807) is 19.9 Å². The van der Waals surface area contributed by atoms with E-state index in [1.807, 2.05) is 6.92 Å². The topological polar surface area (TPSA) is 95.1 Å². The number of carbonyl (C=O) groups is 2. The first kappa shape index (κ1) is 12.6. The van der Waals surface area contributed by atoms with Crippen molar-refractivity contribution in [3.8, 4) is 0 Å². The van der Waals surface area contributed by atoms with Crippen molar-refractivity contribution in [1.29, 1.82) is 0 Å². The van der Waals surface area contributed by atoms with Gasteiger partial charge in [-0.05, 0) is 11.8 Å². The fourth-order valence-corrected chi connectivity index (χ4v) is 2.40. The maximum atomic E-state index is 12.0. The molecule has 0 radical (unpaired) electrons. The monoisotopic (exact) mass is 251 g/mol. The average molecular weight is 251 g/mol. The predicted molar refractivity (Wildman–Crippen MR) is 65.0 cm³/mol. The molecule has 98 valence electrons. The Hall–Kier alpha value is -1.85. The highest BCUT2D eigenvalue weighted by Crippen LogP contribution is 2.58. The Kier molecular flexibility index (Phi) is 2.88. The Labute approximate surface area is 105 Å². The van der Waals surface area contributed by atoms with E-state index in [4.69, 9.17) is 5.11 Å². The number of nitrogens with one attached hydrogen (secondary N) is 2. The number of hydrogen-bond donors (Lipinski definition) is 3. The first-order valence-electron chi connectivity index (χ1n) is 5.96. The molecule has 0 bridgehead atoms. The van der Waals surface area contributed by atoms with Crippen LogP contribution in [-0.4, -0.2) is 27.2 Å². The number of H-pyrrole nitrogens is 1. The summed E-state index contributed by atoms with van der Waals surface area (Å²) < 4.78 is 0. The molecule has 0 unspecified atom stereocenters. The van der Waals surface area contributed by atoms with Gasteiger partial charge in [0.15, 0.2) is 5.82 Å². The number of carboxylic acid groups (broad SMARTS) is 1. The Morgan fingerprint density at radius 1 is 1.50 bits per heavy atom. The first-order valence-corrected chi connectivity index (χ1v) is 5.96. The van der Waals surface area contributed by atoms with Crippen molar-refractivity contribution >= 4 is 17.7 Å². The summed E-state index contributed by atoms with van der Waals surface area (Å²) in [6.07, 6.45) is 0.801. The molecule has 1 amide bonds. The van der Waals surface area contributed by atoms with Crippen molar-refractivity contribution in [3.05, 3.63) is 11.8 Å². The highest BCUT2D eigenvalue weighted by molar-refractivity contribution is 5.99. The van der Waals surface area contributed by atoms with Gasteiger partial charge in [-0.25, -0.2) is 0 Å². The molecule has 1 heterocycles. The normalized spacial score (nSPS) is 24.6. The summed E-state index contributed by atoms with van der Waals surface area (Å²) in [4.78, 5) is 23.0. The third-order valence-corrected chi connectivity index (χ3v) is 3.64. The SMILES string of the molecule is CCc1cc(NC(=O)[C@H]2[C@@H](C(=O)O)C2(C)C)n[nH]1. The molecule has 1 aliphatic carbocycles. The van der Waals surface area contributed by atoms with Crippen LogP contribution in [0, 0.1) is 17.3 Å². The van der Waals surface area contributed by atoms with Crippen LogP contribution in [0.15, 0.2) is 6.07 Å². The largest absolute Gasteiger partial charge is 0.481 e. The van der Waals surface area contributed by atoms with Crippen LogP contribution in [0.5, 0.6) is 0 Å². The summed E-state index contributed by atoms with van der Waals surface area (Å²) in [6.45, 7) is 5.56. The molecule has 18 heavy (non-hydrogen) atoms. The summed E-state index contributed by atoms with van der Waals surface area (Å²) in [7, 11) is 0. The van der Waals surface area contributed by atoms with Gasteiger partial charge in [0.25, 0.3) is 0 Å². The summed E-state index contributed by atoms with van der Waals surface area (Å²) in [5, 5.41) is 18.4. The van der Waals surface area contributed by atoms with Crippen molar-refractivity contribution < 1.29 is 14.7 Å². The minimum absolute atomic E-state index is 0.276. The smallest absolute Gasteiger partial charge is 0.307 e. The second-order valence-electron chi connectivity index (χ2n) is 5.24. The van der Waals surface area contributed by atoms with E-state index in [0.717, 1.165) is 12.1 Å². The Bertz CT molecular complexity index is 493. The van der Waals surface area contributed by atoms with Crippen LogP contribution in [0.1, 0.15) is 26.5 Å². The Balaban J connectivity index is 2.03. The van der Waals surface area contributed by atoms with Crippen LogP contribution < -0.4 is 5.32 Å². The fourth-order valence-electron chi connectivity index (χ4n) is 2.40. The number of aryl methyl sites for hydroxylation is 1. The van der Waals surface area contributed by atoms with Gasteiger partial charge in [-0.2, -0.15) is 5.10 Å². The van der Waals surface area contributed by atoms with Crippen LogP contribution in [-0.2, 0) is 16.0 Å². The maximum absolute atomic E-state index is 12.0. The molecular weight excluding hydrogens is 234 g/mol. The number of carboxylic acids is 1. The van der Waals surface area contributed by atoms with Crippen LogP contribution in [0.2, 0.25) is 0 Å². The zero-order valence-electron chi connectivity index (χ0n) is 10.7. The van der Waals surface area contributed by atoms with Crippen LogP contribution >= 0.6 is 0 Å². The third-order valence-electron chi connectivity index (χ3n) is 3.64. The molecule has 6 heteroatoms. The van der Waals surface area contributed by atoms with Gasteiger partial charge in [-0.1, -0.05) is 20.8 Å². The van der Waals surface area contributed by atoms with Crippen LogP contribution in [0.3, 0.4) is 0 Å². The molecule has 3 N–H and O–H groups in total. The van der Waals surface area contributed by atoms with Crippen molar-refractivity contribution in [2.45, 2.75) is 27.2 Å². The lowest BCUT2D eigenvalue weighted by Crippen LogP contribution is -2.17. The molecule has 1 saturated carbocycles. The van der Waals surface area contributed by atoms with Gasteiger partial charge in [0.1, 0.15) is 0 Å². The maximum Gasteiger partial charge on any atom is 0.307 e. The van der Waals surface area contributed by atoms with Gasteiger partial charge in [0.2, 0.25) is 5.91 Å². The van der Waals surface area contributed by atoms with Crippen molar-refractivity contribution in [1.82, 2.24) is 10.2 Å². The van der Waals surface area contributed by atoms with E-state index in [0.29, 0.717) is 5.82 Å². The summed E-state index contributed by atoms with van der Waals surface area (Å²) >= 11 is 0. The fraction of sp³-hybridized carbons (Fsp3) is 0.583. The van der Waals surface area contributed by atoms with E-state index in [9.17, 15) is 9.59 Å². The number of aromatic nitrogens is 2. The third kappa shape index (κ3) is 1.98. The van der Waals surface area contributed by atoms with Gasteiger partial charge >= 0.3 is 5.97 Å². The number of carbonyl (C=O) groups excluding carboxylic acids is 1. The molecule has 2 rings (SSSR count). The molecule has 0 aliphatic heterocycles. The molecule has 1 aromatic rings. The van der Waals surface area contributed by atoms with Crippen molar-refractivity contribution in [2.75, 3.05) is 5.32 Å². The number of rotatable bonds is 4. The highest BCUT2D eigenvalue weighted by Gasteiger charge is 2.65. The number of anilines is 1. The molecule has 0 spiro atoms. The molecule has 1 fully saturated rings. The summed E-state index contributed by atoms with van der Waals surface area (Å²) in [6, 6.07) is 1.75. The molecule has 1 aliphatic rings. The number of hydrogen-bond acceptors (Lipinski definition) is 3. The van der Waals surface area contributed by atoms with Gasteiger partial charge in [0, 0.05) is 11.8 Å². The molecule has 6 nitrogen and oxygen atoms in total. The van der Waals surface area contributed by atoms with E-state index >= 15 is 0 Å². The van der Waals surface area contributed by atoms with Gasteiger partial charge in [0.05, 0.1) is 11.8 Å². The first-order chi connectivity index (χ1) is 8.37. The second kappa shape index (κ2) is 4.12. The minimum atomic E-state index is -0.920.